The molecule has 2 rings (SSSR count). The van der Waals surface area contributed by atoms with Gasteiger partial charge < -0.3 is 10.6 Å². The summed E-state index contributed by atoms with van der Waals surface area (Å²) in [5.74, 6) is 1.05. The van der Waals surface area contributed by atoms with Crippen LogP contribution in [-0.2, 0) is 11.0 Å². The normalized spacial score (nSPS) is 14.0. The van der Waals surface area contributed by atoms with Crippen molar-refractivity contribution >= 4 is 11.8 Å². The van der Waals surface area contributed by atoms with Crippen LogP contribution in [0.4, 0.5) is 13.2 Å². The molecule has 108 valence electrons. The zero-order chi connectivity index (χ0) is 15.5. The number of dihydropyridines is 1. The average molecular weight is 294 g/mol. The quantitative estimate of drug-likeness (QED) is 0.822. The van der Waals surface area contributed by atoms with Gasteiger partial charge in [0, 0.05) is 17.5 Å². The molecule has 7 heteroatoms. The molecule has 0 unspecified atom stereocenters. The van der Waals surface area contributed by atoms with Gasteiger partial charge in [-0.2, -0.15) is 13.2 Å². The molecule has 0 aliphatic carbocycles. The first-order chi connectivity index (χ1) is 9.90. The summed E-state index contributed by atoms with van der Waals surface area (Å²) in [5, 5.41) is 5.07. The molecule has 2 N–H and O–H groups in total. The highest BCUT2D eigenvalue weighted by atomic mass is 19.4. The number of allylic oxidation sites excluding steroid dienone is 2. The zero-order valence-electron chi connectivity index (χ0n) is 10.5. The second kappa shape index (κ2) is 5.68. The molecule has 21 heavy (non-hydrogen) atoms. The standard InChI is InChI=1S/C14H9F3N2O2/c15-14(16,17)10-3-1-9(2-4-10)13(21)19-11-5-6-18-12(7-11)8-20/h1-7,18H,(H,19,21). The van der Waals surface area contributed by atoms with E-state index in [4.69, 9.17) is 0 Å². The van der Waals surface area contributed by atoms with Crippen LogP contribution in [0.1, 0.15) is 15.9 Å². The van der Waals surface area contributed by atoms with Crippen molar-refractivity contribution in [3.05, 3.63) is 65.1 Å². The van der Waals surface area contributed by atoms with Gasteiger partial charge in [0.15, 0.2) is 5.94 Å². The number of carbonyl (C=O) groups is 1. The van der Waals surface area contributed by atoms with Gasteiger partial charge in [-0.3, -0.25) is 4.79 Å². The second-order valence-corrected chi connectivity index (χ2v) is 4.12. The van der Waals surface area contributed by atoms with E-state index in [1.54, 1.807) is 5.94 Å². The van der Waals surface area contributed by atoms with Crippen LogP contribution in [0.2, 0.25) is 0 Å². The van der Waals surface area contributed by atoms with Gasteiger partial charge in [0.25, 0.3) is 5.91 Å². The molecule has 0 atom stereocenters. The highest BCUT2D eigenvalue weighted by Gasteiger charge is 2.30. The summed E-state index contributed by atoms with van der Waals surface area (Å²) in [6.07, 6.45) is -0.153. The number of alkyl halides is 3. The van der Waals surface area contributed by atoms with E-state index in [0.717, 1.165) is 24.3 Å². The summed E-state index contributed by atoms with van der Waals surface area (Å²) < 4.78 is 37.2. The molecule has 4 nitrogen and oxygen atoms in total. The predicted octanol–water partition coefficient (Wildman–Crippen LogP) is 2.15. The van der Waals surface area contributed by atoms with Crippen LogP contribution in [0.15, 0.2) is 54.0 Å². The SMILES string of the molecule is O=C=C1C=C(NC(=O)c2ccc(C(F)(F)F)cc2)C=CN1. The van der Waals surface area contributed by atoms with E-state index in [-0.39, 0.29) is 11.3 Å². The monoisotopic (exact) mass is 294 g/mol. The van der Waals surface area contributed by atoms with Gasteiger partial charge in [-0.05, 0) is 36.4 Å². The number of hydrogen-bond donors (Lipinski definition) is 2. The molecule has 1 aromatic carbocycles. The second-order valence-electron chi connectivity index (χ2n) is 4.12. The minimum absolute atomic E-state index is 0.0764. The fraction of sp³-hybridized carbons (Fsp3) is 0.0714. The van der Waals surface area contributed by atoms with Crippen LogP contribution in [0.5, 0.6) is 0 Å². The van der Waals surface area contributed by atoms with Gasteiger partial charge in [0.05, 0.1) is 5.56 Å². The molecular formula is C14H9F3N2O2. The van der Waals surface area contributed by atoms with E-state index in [1.807, 2.05) is 0 Å². The van der Waals surface area contributed by atoms with Crippen molar-refractivity contribution in [3.8, 4) is 0 Å². The van der Waals surface area contributed by atoms with Crippen LogP contribution in [0.25, 0.3) is 0 Å². The predicted molar refractivity (Wildman–Crippen MR) is 68.5 cm³/mol. The van der Waals surface area contributed by atoms with Gasteiger partial charge >= 0.3 is 6.18 Å². The maximum Gasteiger partial charge on any atom is 0.416 e. The lowest BCUT2D eigenvalue weighted by atomic mass is 10.1. The van der Waals surface area contributed by atoms with Crippen molar-refractivity contribution in [1.29, 1.82) is 0 Å². The first-order valence-electron chi connectivity index (χ1n) is 5.78. The number of halogens is 3. The first-order valence-corrected chi connectivity index (χ1v) is 5.78. The summed E-state index contributed by atoms with van der Waals surface area (Å²) >= 11 is 0. The van der Waals surface area contributed by atoms with Gasteiger partial charge in [-0.15, -0.1) is 0 Å². The average Bonchev–Trinajstić information content (AvgIpc) is 2.46. The Balaban J connectivity index is 2.13. The van der Waals surface area contributed by atoms with Crippen molar-refractivity contribution in [2.45, 2.75) is 6.18 Å². The molecule has 0 saturated carbocycles. The van der Waals surface area contributed by atoms with Crippen LogP contribution in [0, 0.1) is 0 Å². The summed E-state index contributed by atoms with van der Waals surface area (Å²) in [4.78, 5) is 22.3. The molecular weight excluding hydrogens is 285 g/mol. The minimum Gasteiger partial charge on any atom is -0.353 e. The van der Waals surface area contributed by atoms with E-state index in [1.165, 1.54) is 18.4 Å². The molecule has 1 amide bonds. The Morgan fingerprint density at radius 2 is 1.86 bits per heavy atom. The maximum atomic E-state index is 12.4. The number of nitrogens with one attached hydrogen (secondary N) is 2. The van der Waals surface area contributed by atoms with Crippen LogP contribution in [0.3, 0.4) is 0 Å². The smallest absolute Gasteiger partial charge is 0.353 e. The van der Waals surface area contributed by atoms with E-state index < -0.39 is 17.6 Å². The molecule has 0 bridgehead atoms. The fourth-order valence-electron chi connectivity index (χ4n) is 1.62. The Hall–Kier alpha value is -2.79. The Bertz CT molecular complexity index is 666. The van der Waals surface area contributed by atoms with Gasteiger partial charge in [0.1, 0.15) is 5.70 Å². The molecule has 0 saturated heterocycles. The summed E-state index contributed by atoms with van der Waals surface area (Å²) in [7, 11) is 0. The van der Waals surface area contributed by atoms with Crippen molar-refractivity contribution in [3.63, 3.8) is 0 Å². The summed E-state index contributed by atoms with van der Waals surface area (Å²) in [6.45, 7) is 0. The van der Waals surface area contributed by atoms with E-state index in [9.17, 15) is 22.8 Å². The number of benzene rings is 1. The van der Waals surface area contributed by atoms with Crippen molar-refractivity contribution < 1.29 is 22.8 Å². The third kappa shape index (κ3) is 3.61. The fourth-order valence-corrected chi connectivity index (χ4v) is 1.62. The van der Waals surface area contributed by atoms with E-state index in [0.29, 0.717) is 5.70 Å². The molecule has 1 heterocycles. The number of hydrogen-bond acceptors (Lipinski definition) is 3. The highest BCUT2D eigenvalue weighted by Crippen LogP contribution is 2.29. The van der Waals surface area contributed by atoms with Gasteiger partial charge in [-0.1, -0.05) is 0 Å². The van der Waals surface area contributed by atoms with Crippen LogP contribution < -0.4 is 10.6 Å². The summed E-state index contributed by atoms with van der Waals surface area (Å²) in [6, 6.07) is 3.83. The van der Waals surface area contributed by atoms with E-state index >= 15 is 0 Å². The van der Waals surface area contributed by atoms with E-state index in [2.05, 4.69) is 10.6 Å². The van der Waals surface area contributed by atoms with Crippen LogP contribution >= 0.6 is 0 Å². The minimum atomic E-state index is -4.45. The third-order valence-corrected chi connectivity index (χ3v) is 2.64. The Morgan fingerprint density at radius 3 is 2.43 bits per heavy atom. The lowest BCUT2D eigenvalue weighted by molar-refractivity contribution is -0.137. The highest BCUT2D eigenvalue weighted by molar-refractivity contribution is 5.95. The maximum absolute atomic E-state index is 12.4. The molecule has 1 aliphatic heterocycles. The molecule has 0 fully saturated rings. The van der Waals surface area contributed by atoms with Crippen molar-refractivity contribution in [2.75, 3.05) is 0 Å². The number of rotatable bonds is 2. The lowest BCUT2D eigenvalue weighted by Crippen LogP contribution is -2.24. The molecule has 1 aromatic rings. The molecule has 0 spiro atoms. The van der Waals surface area contributed by atoms with Crippen molar-refractivity contribution in [2.24, 2.45) is 0 Å². The number of amides is 1. The molecule has 0 radical (unpaired) electrons. The Morgan fingerprint density at radius 1 is 1.19 bits per heavy atom. The third-order valence-electron chi connectivity index (χ3n) is 2.64. The lowest BCUT2D eigenvalue weighted by Gasteiger charge is -2.11. The molecule has 0 aromatic heterocycles. The summed E-state index contributed by atoms with van der Waals surface area (Å²) in [5.41, 5.74) is -0.282. The van der Waals surface area contributed by atoms with Gasteiger partial charge in [0.2, 0.25) is 0 Å². The Kier molecular flexibility index (Phi) is 3.95. The first kappa shape index (κ1) is 14.6. The zero-order valence-corrected chi connectivity index (χ0v) is 10.5. The van der Waals surface area contributed by atoms with Crippen LogP contribution in [-0.4, -0.2) is 11.8 Å². The topological polar surface area (TPSA) is 58.2 Å². The Labute approximate surface area is 117 Å². The molecule has 1 aliphatic rings. The number of carbonyl (C=O) groups excluding carboxylic acids is 2. The largest absolute Gasteiger partial charge is 0.416 e. The van der Waals surface area contributed by atoms with Gasteiger partial charge in [-0.25, -0.2) is 4.79 Å². The van der Waals surface area contributed by atoms with Crippen molar-refractivity contribution in [1.82, 2.24) is 10.6 Å².